The average Bonchev–Trinajstić information content (AvgIpc) is 2.80. The molecule has 0 saturated carbocycles. The molecule has 0 spiro atoms. The zero-order chi connectivity index (χ0) is 12.3. The molecule has 3 nitrogen and oxygen atoms in total. The van der Waals surface area contributed by atoms with E-state index in [2.05, 4.69) is 10.3 Å². The van der Waals surface area contributed by atoms with E-state index in [0.29, 0.717) is 12.3 Å². The van der Waals surface area contributed by atoms with Crippen LogP contribution in [0.1, 0.15) is 30.1 Å². The summed E-state index contributed by atoms with van der Waals surface area (Å²) in [6, 6.07) is 7.92. The molecule has 2 rings (SSSR count). The van der Waals surface area contributed by atoms with Crippen molar-refractivity contribution >= 4 is 11.6 Å². The fourth-order valence-corrected chi connectivity index (χ4v) is 1.76. The van der Waals surface area contributed by atoms with E-state index in [1.54, 1.807) is 6.26 Å². The van der Waals surface area contributed by atoms with Crippen LogP contribution in [0.4, 0.5) is 0 Å². The smallest absolute Gasteiger partial charge is 0.198 e. The summed E-state index contributed by atoms with van der Waals surface area (Å²) in [7, 11) is 1.90. The molecule has 1 aromatic heterocycles. The van der Waals surface area contributed by atoms with Crippen molar-refractivity contribution in [1.29, 1.82) is 0 Å². The maximum Gasteiger partial charge on any atom is 0.198 e. The highest BCUT2D eigenvalue weighted by molar-refractivity contribution is 6.31. The van der Waals surface area contributed by atoms with Gasteiger partial charge in [-0.2, -0.15) is 0 Å². The first-order valence-corrected chi connectivity index (χ1v) is 5.93. The van der Waals surface area contributed by atoms with E-state index in [1.165, 1.54) is 0 Å². The molecule has 0 fully saturated rings. The Morgan fingerprint density at radius 3 is 2.88 bits per heavy atom. The lowest BCUT2D eigenvalue weighted by Crippen LogP contribution is -2.12. The van der Waals surface area contributed by atoms with E-state index < -0.39 is 0 Å². The minimum atomic E-state index is 0.193. The summed E-state index contributed by atoms with van der Waals surface area (Å²) in [5.41, 5.74) is 1.94. The molecule has 0 amide bonds. The molecule has 0 saturated heterocycles. The predicted molar refractivity (Wildman–Crippen MR) is 68.2 cm³/mol. The van der Waals surface area contributed by atoms with Crippen molar-refractivity contribution in [3.05, 3.63) is 52.7 Å². The molecule has 2 aromatic rings. The maximum absolute atomic E-state index is 6.09. The highest BCUT2D eigenvalue weighted by Gasteiger charge is 2.10. The molecule has 0 aliphatic rings. The number of aromatic nitrogens is 1. The molecule has 0 radical (unpaired) electrons. The van der Waals surface area contributed by atoms with Gasteiger partial charge in [0.1, 0.15) is 6.26 Å². The van der Waals surface area contributed by atoms with Gasteiger partial charge in [0.2, 0.25) is 0 Å². The monoisotopic (exact) mass is 250 g/mol. The van der Waals surface area contributed by atoms with E-state index >= 15 is 0 Å². The Hall–Kier alpha value is -1.32. The Morgan fingerprint density at radius 1 is 1.41 bits per heavy atom. The molecule has 1 unspecified atom stereocenters. The molecule has 0 bridgehead atoms. The van der Waals surface area contributed by atoms with Crippen LogP contribution in [-0.2, 0) is 6.42 Å². The summed E-state index contributed by atoms with van der Waals surface area (Å²) in [4.78, 5) is 4.43. The zero-order valence-corrected chi connectivity index (χ0v) is 10.7. The number of nitrogens with zero attached hydrogens (tertiary/aromatic N) is 1. The van der Waals surface area contributed by atoms with E-state index in [9.17, 15) is 0 Å². The van der Waals surface area contributed by atoms with Crippen LogP contribution in [0, 0.1) is 0 Å². The van der Waals surface area contributed by atoms with Crippen LogP contribution in [0.15, 0.2) is 34.9 Å². The van der Waals surface area contributed by atoms with Gasteiger partial charge in [-0.1, -0.05) is 29.8 Å². The van der Waals surface area contributed by atoms with Gasteiger partial charge in [-0.25, -0.2) is 4.98 Å². The number of rotatable bonds is 4. The van der Waals surface area contributed by atoms with E-state index in [4.69, 9.17) is 16.0 Å². The van der Waals surface area contributed by atoms with Crippen LogP contribution in [-0.4, -0.2) is 12.0 Å². The van der Waals surface area contributed by atoms with E-state index in [-0.39, 0.29) is 6.04 Å². The van der Waals surface area contributed by atoms with Crippen molar-refractivity contribution in [2.24, 2.45) is 0 Å². The van der Waals surface area contributed by atoms with Crippen molar-refractivity contribution in [1.82, 2.24) is 10.3 Å². The highest BCUT2D eigenvalue weighted by atomic mass is 35.5. The second-order valence-corrected chi connectivity index (χ2v) is 4.35. The minimum Gasteiger partial charge on any atom is -0.448 e. The van der Waals surface area contributed by atoms with Crippen LogP contribution in [0.3, 0.4) is 0 Å². The summed E-state index contributed by atoms with van der Waals surface area (Å²) in [6.07, 6.45) is 2.31. The number of hydrogen-bond donors (Lipinski definition) is 1. The molecule has 17 heavy (non-hydrogen) atoms. The van der Waals surface area contributed by atoms with Gasteiger partial charge in [0, 0.05) is 11.1 Å². The van der Waals surface area contributed by atoms with Gasteiger partial charge in [-0.3, -0.25) is 0 Å². The van der Waals surface area contributed by atoms with Crippen molar-refractivity contribution in [3.63, 3.8) is 0 Å². The first kappa shape index (κ1) is 12.1. The summed E-state index contributed by atoms with van der Waals surface area (Å²) >= 11 is 6.09. The SMILES string of the molecule is CNC(C)c1coc(Cc2ccccc2Cl)n1. The molecule has 1 heterocycles. The summed E-state index contributed by atoms with van der Waals surface area (Å²) < 4.78 is 5.44. The Morgan fingerprint density at radius 2 is 2.18 bits per heavy atom. The second-order valence-electron chi connectivity index (χ2n) is 3.94. The fraction of sp³-hybridized carbons (Fsp3) is 0.308. The first-order chi connectivity index (χ1) is 8.20. The van der Waals surface area contributed by atoms with E-state index in [0.717, 1.165) is 16.3 Å². The second kappa shape index (κ2) is 5.34. The molecular formula is C13H15ClN2O. The predicted octanol–water partition coefficient (Wildman–Crippen LogP) is 3.20. The Labute approximate surface area is 106 Å². The largest absolute Gasteiger partial charge is 0.448 e. The lowest BCUT2D eigenvalue weighted by molar-refractivity contribution is 0.505. The van der Waals surface area contributed by atoms with Crippen LogP contribution < -0.4 is 5.32 Å². The quantitative estimate of drug-likeness (QED) is 0.906. The first-order valence-electron chi connectivity index (χ1n) is 5.55. The summed E-state index contributed by atoms with van der Waals surface area (Å²) in [5, 5.41) is 3.87. The molecule has 1 N–H and O–H groups in total. The van der Waals surface area contributed by atoms with Crippen molar-refractivity contribution < 1.29 is 4.42 Å². The third-order valence-electron chi connectivity index (χ3n) is 2.75. The third kappa shape index (κ3) is 2.87. The van der Waals surface area contributed by atoms with Gasteiger partial charge in [0.15, 0.2) is 5.89 Å². The molecule has 0 aliphatic carbocycles. The normalized spacial score (nSPS) is 12.6. The Bertz CT molecular complexity index is 496. The molecular weight excluding hydrogens is 236 g/mol. The van der Waals surface area contributed by atoms with Crippen LogP contribution in [0.2, 0.25) is 5.02 Å². The fourth-order valence-electron chi connectivity index (χ4n) is 1.56. The lowest BCUT2D eigenvalue weighted by atomic mass is 10.1. The summed E-state index contributed by atoms with van der Waals surface area (Å²) in [5.74, 6) is 0.690. The van der Waals surface area contributed by atoms with Crippen LogP contribution >= 0.6 is 11.6 Å². The van der Waals surface area contributed by atoms with Gasteiger partial charge >= 0.3 is 0 Å². The topological polar surface area (TPSA) is 38.1 Å². The van der Waals surface area contributed by atoms with Crippen LogP contribution in [0.5, 0.6) is 0 Å². The average molecular weight is 251 g/mol. The minimum absolute atomic E-state index is 0.193. The molecule has 90 valence electrons. The highest BCUT2D eigenvalue weighted by Crippen LogP contribution is 2.19. The van der Waals surface area contributed by atoms with Gasteiger partial charge in [0.05, 0.1) is 12.1 Å². The Kier molecular flexibility index (Phi) is 3.82. The summed E-state index contributed by atoms with van der Waals surface area (Å²) in [6.45, 7) is 2.04. The number of oxazole rings is 1. The van der Waals surface area contributed by atoms with E-state index in [1.807, 2.05) is 38.2 Å². The van der Waals surface area contributed by atoms with Crippen LogP contribution in [0.25, 0.3) is 0 Å². The van der Waals surface area contributed by atoms with Crippen molar-refractivity contribution in [2.75, 3.05) is 7.05 Å². The number of hydrogen-bond acceptors (Lipinski definition) is 3. The molecule has 0 aliphatic heterocycles. The van der Waals surface area contributed by atoms with Crippen molar-refractivity contribution in [2.45, 2.75) is 19.4 Å². The number of halogens is 1. The molecule has 4 heteroatoms. The zero-order valence-electron chi connectivity index (χ0n) is 9.90. The molecule has 1 aromatic carbocycles. The third-order valence-corrected chi connectivity index (χ3v) is 3.11. The van der Waals surface area contributed by atoms with Gasteiger partial charge in [-0.15, -0.1) is 0 Å². The van der Waals surface area contributed by atoms with Gasteiger partial charge in [-0.05, 0) is 25.6 Å². The number of nitrogens with one attached hydrogen (secondary N) is 1. The standard InChI is InChI=1S/C13H15ClN2O/c1-9(15-2)12-8-17-13(16-12)7-10-5-3-4-6-11(10)14/h3-6,8-9,15H,7H2,1-2H3. The van der Waals surface area contributed by atoms with Gasteiger partial charge < -0.3 is 9.73 Å². The van der Waals surface area contributed by atoms with Gasteiger partial charge in [0.25, 0.3) is 0 Å². The Balaban J connectivity index is 2.14. The lowest BCUT2D eigenvalue weighted by Gasteiger charge is -2.03. The van der Waals surface area contributed by atoms with Crippen molar-refractivity contribution in [3.8, 4) is 0 Å². The molecule has 1 atom stereocenters. The number of benzene rings is 1. The maximum atomic E-state index is 6.09.